The minimum absolute atomic E-state index is 0.172. The van der Waals surface area contributed by atoms with Crippen LogP contribution in [0.4, 0.5) is 0 Å². The van der Waals surface area contributed by atoms with Gasteiger partial charge in [-0.25, -0.2) is 0 Å². The van der Waals surface area contributed by atoms with Crippen LogP contribution in [-0.2, 0) is 14.3 Å². The van der Waals surface area contributed by atoms with Crippen LogP contribution in [0, 0.1) is 5.92 Å². The lowest BCUT2D eigenvalue weighted by atomic mass is 9.92. The Morgan fingerprint density at radius 3 is 2.50 bits per heavy atom. The number of β-lactam (4-membered cyclic amide) rings is 1. The average molecular weight is 249 g/mol. The van der Waals surface area contributed by atoms with Crippen molar-refractivity contribution in [3.63, 3.8) is 0 Å². The summed E-state index contributed by atoms with van der Waals surface area (Å²) in [5, 5.41) is 2.61. The molecule has 2 rings (SSSR count). The molecule has 5 nitrogen and oxygen atoms in total. The molecule has 18 heavy (non-hydrogen) atoms. The van der Waals surface area contributed by atoms with E-state index in [0.717, 1.165) is 0 Å². The maximum absolute atomic E-state index is 11.5. The van der Waals surface area contributed by atoms with Gasteiger partial charge >= 0.3 is 5.97 Å². The summed E-state index contributed by atoms with van der Waals surface area (Å²) in [6.07, 6.45) is 0. The first-order valence-corrected chi connectivity index (χ1v) is 5.72. The van der Waals surface area contributed by atoms with Crippen molar-refractivity contribution >= 4 is 11.9 Å². The second kappa shape index (κ2) is 4.68. The van der Waals surface area contributed by atoms with E-state index < -0.39 is 17.7 Å². The van der Waals surface area contributed by atoms with E-state index in [1.54, 1.807) is 19.1 Å². The number of esters is 1. The van der Waals surface area contributed by atoms with E-state index >= 15 is 0 Å². The molecule has 5 heteroatoms. The molecule has 1 saturated heterocycles. The molecule has 1 aromatic rings. The number of ether oxygens (including phenoxy) is 2. The number of amides is 1. The summed E-state index contributed by atoms with van der Waals surface area (Å²) in [4.78, 5) is 22.6. The van der Waals surface area contributed by atoms with Gasteiger partial charge in [0.05, 0.1) is 0 Å². The molecule has 1 aromatic carbocycles. The van der Waals surface area contributed by atoms with Gasteiger partial charge in [-0.1, -0.05) is 18.2 Å². The lowest BCUT2D eigenvalue weighted by Gasteiger charge is -2.40. The Hall–Kier alpha value is -2.04. The predicted octanol–water partition coefficient (Wildman–Crippen LogP) is 1.09. The lowest BCUT2D eigenvalue weighted by Crippen LogP contribution is -2.62. The molecule has 0 saturated carbocycles. The summed E-state index contributed by atoms with van der Waals surface area (Å²) in [6, 6.07) is 8.97. The summed E-state index contributed by atoms with van der Waals surface area (Å²) in [5.41, 5.74) is 0. The van der Waals surface area contributed by atoms with E-state index in [-0.39, 0.29) is 5.91 Å². The Balaban J connectivity index is 2.19. The van der Waals surface area contributed by atoms with E-state index in [0.29, 0.717) is 12.3 Å². The quantitative estimate of drug-likeness (QED) is 0.493. The Labute approximate surface area is 105 Å². The maximum Gasteiger partial charge on any atom is 0.305 e. The number of carbonyl (C=O) groups is 2. The van der Waals surface area contributed by atoms with E-state index in [2.05, 4.69) is 5.32 Å². The van der Waals surface area contributed by atoms with Crippen LogP contribution in [0.3, 0.4) is 0 Å². The Morgan fingerprint density at radius 1 is 1.39 bits per heavy atom. The van der Waals surface area contributed by atoms with Gasteiger partial charge in [-0.3, -0.25) is 9.59 Å². The molecule has 1 amide bonds. The van der Waals surface area contributed by atoms with Crippen molar-refractivity contribution in [2.45, 2.75) is 19.6 Å². The van der Waals surface area contributed by atoms with Crippen LogP contribution in [0.15, 0.2) is 30.3 Å². The minimum Gasteiger partial charge on any atom is -0.452 e. The van der Waals surface area contributed by atoms with Crippen molar-refractivity contribution in [3.05, 3.63) is 30.3 Å². The molecule has 96 valence electrons. The highest BCUT2D eigenvalue weighted by atomic mass is 16.7. The van der Waals surface area contributed by atoms with Gasteiger partial charge in [-0.2, -0.15) is 0 Å². The van der Waals surface area contributed by atoms with Crippen LogP contribution in [0.2, 0.25) is 0 Å². The van der Waals surface area contributed by atoms with Crippen molar-refractivity contribution < 1.29 is 19.1 Å². The van der Waals surface area contributed by atoms with Gasteiger partial charge in [0.1, 0.15) is 11.7 Å². The molecule has 1 aliphatic heterocycles. The number of carbonyl (C=O) groups excluding carboxylic acids is 2. The molecular weight excluding hydrogens is 234 g/mol. The predicted molar refractivity (Wildman–Crippen MR) is 63.7 cm³/mol. The summed E-state index contributed by atoms with van der Waals surface area (Å²) < 4.78 is 10.9. The maximum atomic E-state index is 11.5. The molecule has 0 aromatic heterocycles. The van der Waals surface area contributed by atoms with Crippen molar-refractivity contribution in [2.75, 3.05) is 6.54 Å². The molecule has 2 atom stereocenters. The van der Waals surface area contributed by atoms with Gasteiger partial charge in [-0.05, 0) is 12.1 Å². The van der Waals surface area contributed by atoms with Gasteiger partial charge in [0.2, 0.25) is 5.91 Å². The fraction of sp³-hybridized carbons (Fsp3) is 0.385. The van der Waals surface area contributed by atoms with E-state index in [9.17, 15) is 9.59 Å². The first kappa shape index (κ1) is 12.4. The average Bonchev–Trinajstić information content (AvgIpc) is 2.26. The highest BCUT2D eigenvalue weighted by molar-refractivity contribution is 5.85. The van der Waals surface area contributed by atoms with Gasteiger partial charge < -0.3 is 14.8 Å². The standard InChI is InChI=1S/C13H15NO4/c1-9(15)17-13(2,11-8-14-12(11)16)18-10-6-4-3-5-7-10/h3-7,11H,8H2,1-2H3,(H,14,16). The Kier molecular flexibility index (Phi) is 3.23. The first-order valence-electron chi connectivity index (χ1n) is 5.72. The zero-order valence-corrected chi connectivity index (χ0v) is 10.3. The monoisotopic (exact) mass is 249 g/mol. The molecule has 0 bridgehead atoms. The topological polar surface area (TPSA) is 64.6 Å². The van der Waals surface area contributed by atoms with E-state index in [1.807, 2.05) is 18.2 Å². The highest BCUT2D eigenvalue weighted by Gasteiger charge is 2.49. The fourth-order valence-corrected chi connectivity index (χ4v) is 1.88. The van der Waals surface area contributed by atoms with Crippen LogP contribution in [0.5, 0.6) is 5.75 Å². The molecule has 0 spiro atoms. The zero-order chi connectivity index (χ0) is 13.2. The number of benzene rings is 1. The highest BCUT2D eigenvalue weighted by Crippen LogP contribution is 2.30. The number of hydrogen-bond acceptors (Lipinski definition) is 4. The molecular formula is C13H15NO4. The number of hydrogen-bond donors (Lipinski definition) is 1. The molecule has 2 unspecified atom stereocenters. The summed E-state index contributed by atoms with van der Waals surface area (Å²) in [5.74, 6) is -1.85. The molecule has 1 fully saturated rings. The van der Waals surface area contributed by atoms with E-state index in [1.165, 1.54) is 6.92 Å². The summed E-state index contributed by atoms with van der Waals surface area (Å²) in [7, 11) is 0. The van der Waals surface area contributed by atoms with Crippen molar-refractivity contribution in [3.8, 4) is 5.75 Å². The van der Waals surface area contributed by atoms with Crippen LogP contribution in [0.25, 0.3) is 0 Å². The summed E-state index contributed by atoms with van der Waals surface area (Å²) >= 11 is 0. The minimum atomic E-state index is -1.27. The van der Waals surface area contributed by atoms with Crippen LogP contribution >= 0.6 is 0 Å². The van der Waals surface area contributed by atoms with Crippen LogP contribution in [0.1, 0.15) is 13.8 Å². The third kappa shape index (κ3) is 2.45. The Bertz CT molecular complexity index is 459. The third-order valence-electron chi connectivity index (χ3n) is 2.84. The largest absolute Gasteiger partial charge is 0.452 e. The van der Waals surface area contributed by atoms with Crippen molar-refractivity contribution in [2.24, 2.45) is 5.92 Å². The molecule has 0 aliphatic carbocycles. The van der Waals surface area contributed by atoms with Gasteiger partial charge in [0.25, 0.3) is 5.79 Å². The second-order valence-corrected chi connectivity index (χ2v) is 4.32. The second-order valence-electron chi connectivity index (χ2n) is 4.32. The fourth-order valence-electron chi connectivity index (χ4n) is 1.88. The van der Waals surface area contributed by atoms with Crippen molar-refractivity contribution in [1.29, 1.82) is 0 Å². The van der Waals surface area contributed by atoms with Crippen LogP contribution in [-0.4, -0.2) is 24.2 Å². The Morgan fingerprint density at radius 2 is 2.06 bits per heavy atom. The SMILES string of the molecule is CC(=O)OC(C)(Oc1ccccc1)C1CNC1=O. The molecule has 1 heterocycles. The summed E-state index contributed by atoms with van der Waals surface area (Å²) in [6.45, 7) is 3.34. The lowest BCUT2D eigenvalue weighted by molar-refractivity contribution is -0.214. The van der Waals surface area contributed by atoms with Gasteiger partial charge in [0.15, 0.2) is 0 Å². The number of rotatable bonds is 4. The third-order valence-corrected chi connectivity index (χ3v) is 2.84. The first-order chi connectivity index (χ1) is 8.51. The van der Waals surface area contributed by atoms with Gasteiger partial charge in [0, 0.05) is 20.4 Å². The van der Waals surface area contributed by atoms with Crippen molar-refractivity contribution in [1.82, 2.24) is 5.32 Å². The number of nitrogens with one attached hydrogen (secondary N) is 1. The molecule has 1 aliphatic rings. The molecule has 0 radical (unpaired) electrons. The van der Waals surface area contributed by atoms with Crippen LogP contribution < -0.4 is 10.1 Å². The van der Waals surface area contributed by atoms with E-state index in [4.69, 9.17) is 9.47 Å². The molecule has 1 N–H and O–H groups in total. The smallest absolute Gasteiger partial charge is 0.305 e. The number of para-hydroxylation sites is 1. The zero-order valence-electron chi connectivity index (χ0n) is 10.3. The normalized spacial score (nSPS) is 21.2. The van der Waals surface area contributed by atoms with Gasteiger partial charge in [-0.15, -0.1) is 0 Å².